The van der Waals surface area contributed by atoms with Gasteiger partial charge in [-0.05, 0) is 56.2 Å². The normalized spacial score (nSPS) is 12.4. The summed E-state index contributed by atoms with van der Waals surface area (Å²) in [5, 5.41) is 12.2. The topological polar surface area (TPSA) is 92.3 Å². The molecule has 0 saturated carbocycles. The molecule has 0 radical (unpaired) electrons. The molecule has 1 aromatic heterocycles. The number of rotatable bonds is 6. The van der Waals surface area contributed by atoms with E-state index < -0.39 is 22.0 Å². The predicted molar refractivity (Wildman–Crippen MR) is 122 cm³/mol. The number of carbonyl (C=O) groups is 1. The lowest BCUT2D eigenvalue weighted by Gasteiger charge is -2.28. The van der Waals surface area contributed by atoms with E-state index >= 15 is 0 Å². The predicted octanol–water partition coefficient (Wildman–Crippen LogP) is 4.27. The number of amides is 1. The number of nitrogens with one attached hydrogen (secondary N) is 1. The number of hydrogen-bond acceptors (Lipinski definition) is 6. The minimum Gasteiger partial charge on any atom is -0.299 e. The van der Waals surface area contributed by atoms with Crippen LogP contribution in [0, 0.1) is 13.8 Å². The van der Waals surface area contributed by atoms with Crippen molar-refractivity contribution in [1.29, 1.82) is 0 Å². The molecule has 10 heteroatoms. The van der Waals surface area contributed by atoms with E-state index in [4.69, 9.17) is 11.6 Å². The van der Waals surface area contributed by atoms with Crippen LogP contribution in [0.4, 0.5) is 10.8 Å². The number of aromatic nitrogens is 2. The van der Waals surface area contributed by atoms with Crippen LogP contribution in [0.3, 0.4) is 0 Å². The molecule has 0 saturated heterocycles. The van der Waals surface area contributed by atoms with Gasteiger partial charge in [0, 0.05) is 10.6 Å². The summed E-state index contributed by atoms with van der Waals surface area (Å²) in [6.07, 6.45) is 1.08. The second-order valence-electron chi connectivity index (χ2n) is 6.91. The molecule has 1 amide bonds. The number of nitrogens with zero attached hydrogens (tertiary/aromatic N) is 3. The third kappa shape index (κ3) is 4.97. The summed E-state index contributed by atoms with van der Waals surface area (Å²) in [5.74, 6) is -0.502. The van der Waals surface area contributed by atoms with Crippen LogP contribution in [0.5, 0.6) is 0 Å². The van der Waals surface area contributed by atoms with Gasteiger partial charge in [0.2, 0.25) is 21.1 Å². The smallest absolute Gasteiger partial charge is 0.249 e. The van der Waals surface area contributed by atoms with Gasteiger partial charge < -0.3 is 0 Å². The van der Waals surface area contributed by atoms with Gasteiger partial charge in [-0.2, -0.15) is 0 Å². The van der Waals surface area contributed by atoms with Gasteiger partial charge in [-0.15, -0.1) is 10.2 Å². The minimum absolute atomic E-state index is 0.283. The van der Waals surface area contributed by atoms with Crippen LogP contribution in [0.1, 0.15) is 18.1 Å². The fourth-order valence-corrected chi connectivity index (χ4v) is 4.91. The van der Waals surface area contributed by atoms with E-state index in [9.17, 15) is 13.2 Å². The maximum absolute atomic E-state index is 12.8. The Morgan fingerprint density at radius 1 is 1.10 bits per heavy atom. The van der Waals surface area contributed by atoms with Crippen LogP contribution in [-0.2, 0) is 14.8 Å². The molecule has 30 heavy (non-hydrogen) atoms. The van der Waals surface area contributed by atoms with E-state index in [0.717, 1.165) is 27.3 Å². The maximum Gasteiger partial charge on any atom is 0.249 e. The summed E-state index contributed by atoms with van der Waals surface area (Å²) < 4.78 is 26.0. The molecule has 0 fully saturated rings. The second-order valence-corrected chi connectivity index (χ2v) is 10.2. The highest BCUT2D eigenvalue weighted by molar-refractivity contribution is 7.92. The molecule has 7 nitrogen and oxygen atoms in total. The van der Waals surface area contributed by atoms with Crippen molar-refractivity contribution in [3.63, 3.8) is 0 Å². The molecular weight excluding hydrogens is 444 g/mol. The molecule has 3 rings (SSSR count). The van der Waals surface area contributed by atoms with E-state index in [-0.39, 0.29) is 5.13 Å². The largest absolute Gasteiger partial charge is 0.299 e. The van der Waals surface area contributed by atoms with Gasteiger partial charge in [0.15, 0.2) is 0 Å². The lowest BCUT2D eigenvalue weighted by Crippen LogP contribution is -2.45. The summed E-state index contributed by atoms with van der Waals surface area (Å²) in [5.41, 5.74) is 3.22. The van der Waals surface area contributed by atoms with Crippen molar-refractivity contribution in [3.05, 3.63) is 58.6 Å². The zero-order valence-electron chi connectivity index (χ0n) is 16.9. The van der Waals surface area contributed by atoms with Gasteiger partial charge in [0.25, 0.3) is 0 Å². The Morgan fingerprint density at radius 2 is 1.77 bits per heavy atom. The van der Waals surface area contributed by atoms with Gasteiger partial charge in [0.05, 0.1) is 11.9 Å². The van der Waals surface area contributed by atoms with Gasteiger partial charge in [-0.25, -0.2) is 8.42 Å². The quantitative estimate of drug-likeness (QED) is 0.588. The fourth-order valence-electron chi connectivity index (χ4n) is 2.86. The Hall–Kier alpha value is -2.49. The van der Waals surface area contributed by atoms with Crippen molar-refractivity contribution in [1.82, 2.24) is 10.2 Å². The molecule has 1 N–H and O–H groups in total. The van der Waals surface area contributed by atoms with Crippen LogP contribution in [0.2, 0.25) is 5.02 Å². The molecule has 1 unspecified atom stereocenters. The molecule has 1 atom stereocenters. The Balaban J connectivity index is 1.82. The molecule has 0 aliphatic rings. The lowest BCUT2D eigenvalue weighted by atomic mass is 10.1. The molecule has 0 bridgehead atoms. The highest BCUT2D eigenvalue weighted by atomic mass is 35.5. The lowest BCUT2D eigenvalue weighted by molar-refractivity contribution is -0.116. The molecular formula is C20H21ClN4O3S2. The molecule has 0 aliphatic heterocycles. The third-order valence-electron chi connectivity index (χ3n) is 4.58. The van der Waals surface area contributed by atoms with Crippen molar-refractivity contribution in [2.75, 3.05) is 15.9 Å². The van der Waals surface area contributed by atoms with Crippen molar-refractivity contribution < 1.29 is 13.2 Å². The molecule has 0 spiro atoms. The van der Waals surface area contributed by atoms with Crippen LogP contribution >= 0.6 is 22.9 Å². The first-order valence-electron chi connectivity index (χ1n) is 9.03. The van der Waals surface area contributed by atoms with Crippen LogP contribution < -0.4 is 9.62 Å². The van der Waals surface area contributed by atoms with E-state index in [1.165, 1.54) is 18.3 Å². The highest BCUT2D eigenvalue weighted by Gasteiger charge is 2.30. The van der Waals surface area contributed by atoms with Gasteiger partial charge in [-0.3, -0.25) is 14.4 Å². The zero-order chi connectivity index (χ0) is 22.1. The summed E-state index contributed by atoms with van der Waals surface area (Å²) in [7, 11) is -3.70. The molecule has 1 heterocycles. The number of aryl methyl sites for hydroxylation is 2. The van der Waals surface area contributed by atoms with Gasteiger partial charge in [-0.1, -0.05) is 41.1 Å². The third-order valence-corrected chi connectivity index (χ3v) is 6.96. The summed E-state index contributed by atoms with van der Waals surface area (Å²) in [6, 6.07) is 11.4. The van der Waals surface area contributed by atoms with Crippen LogP contribution in [0.15, 0.2) is 42.5 Å². The first kappa shape index (κ1) is 22.2. The van der Waals surface area contributed by atoms with Crippen molar-refractivity contribution >= 4 is 49.7 Å². The number of anilines is 2. The average molecular weight is 465 g/mol. The van der Waals surface area contributed by atoms with E-state index in [1.807, 2.05) is 32.0 Å². The summed E-state index contributed by atoms with van der Waals surface area (Å²) in [6.45, 7) is 5.37. The monoisotopic (exact) mass is 464 g/mol. The summed E-state index contributed by atoms with van der Waals surface area (Å²) >= 11 is 7.09. The summed E-state index contributed by atoms with van der Waals surface area (Å²) in [4.78, 5) is 12.8. The number of halogens is 1. The Bertz CT molecular complexity index is 1180. The zero-order valence-corrected chi connectivity index (χ0v) is 19.3. The number of carbonyl (C=O) groups excluding carboxylic acids is 1. The number of benzene rings is 2. The molecule has 158 valence electrons. The Kier molecular flexibility index (Phi) is 6.44. The number of hydrogen-bond donors (Lipinski definition) is 1. The number of sulfonamides is 1. The van der Waals surface area contributed by atoms with Crippen molar-refractivity contribution in [3.8, 4) is 10.6 Å². The van der Waals surface area contributed by atoms with E-state index in [2.05, 4.69) is 15.5 Å². The van der Waals surface area contributed by atoms with Crippen molar-refractivity contribution in [2.45, 2.75) is 26.8 Å². The average Bonchev–Trinajstić information content (AvgIpc) is 3.12. The second kappa shape index (κ2) is 8.71. The van der Waals surface area contributed by atoms with Gasteiger partial charge >= 0.3 is 0 Å². The molecule has 2 aromatic carbocycles. The molecule has 0 aliphatic carbocycles. The fraction of sp³-hybridized carbons (Fsp3) is 0.250. The van der Waals surface area contributed by atoms with Crippen molar-refractivity contribution in [2.24, 2.45) is 0 Å². The van der Waals surface area contributed by atoms with E-state index in [1.54, 1.807) is 24.3 Å². The SMILES string of the molecule is Cc1ccc(N(C(C)C(=O)Nc2nnc(-c3ccc(Cl)cc3)s2)S(C)(=O)=O)cc1C. The maximum atomic E-state index is 12.8. The van der Waals surface area contributed by atoms with Gasteiger partial charge in [0.1, 0.15) is 11.0 Å². The van der Waals surface area contributed by atoms with Crippen LogP contribution in [0.25, 0.3) is 10.6 Å². The van der Waals surface area contributed by atoms with E-state index in [0.29, 0.717) is 15.7 Å². The highest BCUT2D eigenvalue weighted by Crippen LogP contribution is 2.28. The first-order chi connectivity index (χ1) is 14.1. The Labute approximate surface area is 184 Å². The standard InChI is InChI=1S/C20H21ClN4O3S2/c1-12-5-10-17(11-13(12)2)25(30(4,27)28)14(3)18(26)22-20-24-23-19(29-20)15-6-8-16(21)9-7-15/h5-11,14H,1-4H3,(H,22,24,26). The minimum atomic E-state index is -3.70. The first-order valence-corrected chi connectivity index (χ1v) is 12.1. The van der Waals surface area contributed by atoms with Crippen LogP contribution in [-0.4, -0.2) is 36.8 Å². The Morgan fingerprint density at radius 3 is 2.37 bits per heavy atom. The molecule has 3 aromatic rings.